The Morgan fingerprint density at radius 1 is 1.22 bits per heavy atom. The highest BCUT2D eigenvalue weighted by Gasteiger charge is 2.10. The van der Waals surface area contributed by atoms with Crippen LogP contribution in [-0.4, -0.2) is 19.1 Å². The second-order valence-corrected chi connectivity index (χ2v) is 3.47. The fourth-order valence-corrected chi connectivity index (χ4v) is 1.25. The van der Waals surface area contributed by atoms with Gasteiger partial charge in [-0.15, -0.1) is 12.4 Å². The zero-order valence-corrected chi connectivity index (χ0v) is 10.5. The molecule has 0 aliphatic carbocycles. The highest BCUT2D eigenvalue weighted by molar-refractivity contribution is 5.89. The van der Waals surface area contributed by atoms with Crippen LogP contribution in [0.4, 0.5) is 19.3 Å². The number of nitrogens with two attached hydrogens (primary N) is 1. The van der Waals surface area contributed by atoms with Crippen LogP contribution in [0.5, 0.6) is 0 Å². The number of anilines is 1. The SMILES string of the molecule is Cl.NCCCCNC(=O)Nc1c(F)cccc1F. The summed E-state index contributed by atoms with van der Waals surface area (Å²) in [4.78, 5) is 11.3. The van der Waals surface area contributed by atoms with Crippen LogP contribution in [0.25, 0.3) is 0 Å². The number of nitrogens with one attached hydrogen (secondary N) is 2. The standard InChI is InChI=1S/C11H15F2N3O.ClH/c12-8-4-3-5-9(13)10(8)16-11(17)15-7-2-1-6-14;/h3-5H,1-2,6-7,14H2,(H2,15,16,17);1H. The lowest BCUT2D eigenvalue weighted by Crippen LogP contribution is -2.30. The summed E-state index contributed by atoms with van der Waals surface area (Å²) < 4.78 is 26.3. The van der Waals surface area contributed by atoms with Gasteiger partial charge < -0.3 is 16.4 Å². The Hall–Kier alpha value is -1.40. The van der Waals surface area contributed by atoms with E-state index in [2.05, 4.69) is 10.6 Å². The number of para-hydroxylation sites is 1. The molecule has 0 bridgehead atoms. The third-order valence-corrected chi connectivity index (χ3v) is 2.12. The minimum Gasteiger partial charge on any atom is -0.338 e. The van der Waals surface area contributed by atoms with Gasteiger partial charge in [-0.2, -0.15) is 0 Å². The first-order chi connectivity index (χ1) is 8.15. The minimum absolute atomic E-state index is 0. The summed E-state index contributed by atoms with van der Waals surface area (Å²) in [5, 5.41) is 4.61. The van der Waals surface area contributed by atoms with Gasteiger partial charge in [0.2, 0.25) is 0 Å². The molecule has 1 aromatic rings. The molecule has 4 nitrogen and oxygen atoms in total. The largest absolute Gasteiger partial charge is 0.338 e. The van der Waals surface area contributed by atoms with Crippen molar-refractivity contribution in [1.82, 2.24) is 5.32 Å². The van der Waals surface area contributed by atoms with E-state index in [9.17, 15) is 13.6 Å². The van der Waals surface area contributed by atoms with E-state index in [1.54, 1.807) is 0 Å². The first-order valence-corrected chi connectivity index (χ1v) is 5.34. The van der Waals surface area contributed by atoms with E-state index >= 15 is 0 Å². The molecule has 0 radical (unpaired) electrons. The Morgan fingerprint density at radius 3 is 2.39 bits per heavy atom. The average Bonchev–Trinajstić information content (AvgIpc) is 2.30. The first-order valence-electron chi connectivity index (χ1n) is 5.34. The van der Waals surface area contributed by atoms with Gasteiger partial charge in [0.15, 0.2) is 0 Å². The van der Waals surface area contributed by atoms with Gasteiger partial charge in [-0.1, -0.05) is 6.07 Å². The molecule has 0 atom stereocenters. The Bertz CT molecular complexity index is 370. The van der Waals surface area contributed by atoms with Crippen LogP contribution in [0.15, 0.2) is 18.2 Å². The molecule has 0 spiro atoms. The quantitative estimate of drug-likeness (QED) is 0.724. The second-order valence-electron chi connectivity index (χ2n) is 3.47. The zero-order chi connectivity index (χ0) is 12.7. The fraction of sp³-hybridized carbons (Fsp3) is 0.364. The van der Waals surface area contributed by atoms with Crippen LogP contribution in [0, 0.1) is 11.6 Å². The summed E-state index contributed by atoms with van der Waals surface area (Å²) in [6, 6.07) is 2.75. The molecule has 18 heavy (non-hydrogen) atoms. The summed E-state index contributed by atoms with van der Waals surface area (Å²) in [7, 11) is 0. The van der Waals surface area contributed by atoms with E-state index < -0.39 is 23.4 Å². The Morgan fingerprint density at radius 2 is 1.83 bits per heavy atom. The van der Waals surface area contributed by atoms with E-state index in [1.165, 1.54) is 6.07 Å². The van der Waals surface area contributed by atoms with Crippen molar-refractivity contribution >= 4 is 24.1 Å². The Kier molecular flexibility index (Phi) is 7.98. The molecule has 1 aromatic carbocycles. The lowest BCUT2D eigenvalue weighted by Gasteiger charge is -2.08. The van der Waals surface area contributed by atoms with Gasteiger partial charge in [-0.25, -0.2) is 13.6 Å². The summed E-state index contributed by atoms with van der Waals surface area (Å²) in [5.74, 6) is -1.61. The number of hydrogen-bond acceptors (Lipinski definition) is 2. The maximum Gasteiger partial charge on any atom is 0.319 e. The van der Waals surface area contributed by atoms with Gasteiger partial charge >= 0.3 is 6.03 Å². The predicted octanol–water partition coefficient (Wildman–Crippen LogP) is 2.25. The van der Waals surface area contributed by atoms with Gasteiger partial charge in [-0.05, 0) is 31.5 Å². The summed E-state index contributed by atoms with van der Waals surface area (Å²) in [6.45, 7) is 0.963. The average molecular weight is 280 g/mol. The summed E-state index contributed by atoms with van der Waals surface area (Å²) in [6.07, 6.45) is 1.51. The molecule has 102 valence electrons. The maximum absolute atomic E-state index is 13.2. The van der Waals surface area contributed by atoms with Crippen molar-refractivity contribution in [2.75, 3.05) is 18.4 Å². The van der Waals surface area contributed by atoms with Crippen LogP contribution < -0.4 is 16.4 Å². The number of urea groups is 1. The van der Waals surface area contributed by atoms with E-state index in [0.717, 1.165) is 25.0 Å². The third-order valence-electron chi connectivity index (χ3n) is 2.12. The molecular formula is C11H16ClF2N3O. The van der Waals surface area contributed by atoms with Gasteiger partial charge in [0.1, 0.15) is 17.3 Å². The number of rotatable bonds is 5. The molecule has 2 amide bonds. The first kappa shape index (κ1) is 16.6. The van der Waals surface area contributed by atoms with E-state index in [1.807, 2.05) is 0 Å². The molecule has 7 heteroatoms. The topological polar surface area (TPSA) is 67.1 Å². The molecule has 0 heterocycles. The molecule has 0 saturated heterocycles. The number of hydrogen-bond donors (Lipinski definition) is 3. The lowest BCUT2D eigenvalue weighted by atomic mass is 10.3. The molecule has 4 N–H and O–H groups in total. The van der Waals surface area contributed by atoms with Crippen LogP contribution in [0.1, 0.15) is 12.8 Å². The van der Waals surface area contributed by atoms with E-state index in [0.29, 0.717) is 13.1 Å². The normalized spacial score (nSPS) is 9.50. The Balaban J connectivity index is 0.00000289. The van der Waals surface area contributed by atoms with Crippen LogP contribution in [0.3, 0.4) is 0 Å². The minimum atomic E-state index is -0.804. The molecule has 0 fully saturated rings. The summed E-state index contributed by atoms with van der Waals surface area (Å²) in [5.41, 5.74) is 4.84. The maximum atomic E-state index is 13.2. The van der Waals surface area contributed by atoms with Gasteiger partial charge in [0.05, 0.1) is 0 Å². The van der Waals surface area contributed by atoms with Crippen molar-refractivity contribution < 1.29 is 13.6 Å². The Labute approximate surface area is 110 Å². The van der Waals surface area contributed by atoms with Crippen molar-refractivity contribution in [3.63, 3.8) is 0 Å². The number of carbonyl (C=O) groups excluding carboxylic acids is 1. The fourth-order valence-electron chi connectivity index (χ4n) is 1.25. The van der Waals surface area contributed by atoms with Gasteiger partial charge in [0, 0.05) is 6.54 Å². The second kappa shape index (κ2) is 8.66. The molecule has 0 saturated carbocycles. The lowest BCUT2D eigenvalue weighted by molar-refractivity contribution is 0.251. The number of carbonyl (C=O) groups is 1. The third kappa shape index (κ3) is 5.29. The summed E-state index contributed by atoms with van der Waals surface area (Å²) >= 11 is 0. The van der Waals surface area contributed by atoms with Crippen LogP contribution >= 0.6 is 12.4 Å². The van der Waals surface area contributed by atoms with E-state index in [4.69, 9.17) is 5.73 Å². The predicted molar refractivity (Wildman–Crippen MR) is 68.9 cm³/mol. The molecular weight excluding hydrogens is 264 g/mol. The smallest absolute Gasteiger partial charge is 0.319 e. The van der Waals surface area contributed by atoms with Crippen molar-refractivity contribution in [3.8, 4) is 0 Å². The number of halogens is 3. The highest BCUT2D eigenvalue weighted by atomic mass is 35.5. The molecule has 0 aliphatic rings. The molecule has 0 aromatic heterocycles. The van der Waals surface area contributed by atoms with Crippen LogP contribution in [0.2, 0.25) is 0 Å². The van der Waals surface area contributed by atoms with Crippen molar-refractivity contribution in [2.24, 2.45) is 5.73 Å². The van der Waals surface area contributed by atoms with Gasteiger partial charge in [0.25, 0.3) is 0 Å². The molecule has 0 aliphatic heterocycles. The van der Waals surface area contributed by atoms with Gasteiger partial charge in [-0.3, -0.25) is 0 Å². The van der Waals surface area contributed by atoms with Crippen molar-refractivity contribution in [3.05, 3.63) is 29.8 Å². The van der Waals surface area contributed by atoms with Crippen molar-refractivity contribution in [2.45, 2.75) is 12.8 Å². The van der Waals surface area contributed by atoms with Crippen LogP contribution in [-0.2, 0) is 0 Å². The monoisotopic (exact) mass is 279 g/mol. The number of unbranched alkanes of at least 4 members (excludes halogenated alkanes) is 1. The molecule has 0 unspecified atom stereocenters. The molecule has 1 rings (SSSR count). The zero-order valence-electron chi connectivity index (χ0n) is 9.71. The highest BCUT2D eigenvalue weighted by Crippen LogP contribution is 2.17. The van der Waals surface area contributed by atoms with Crippen molar-refractivity contribution in [1.29, 1.82) is 0 Å². The number of benzene rings is 1. The van der Waals surface area contributed by atoms with E-state index in [-0.39, 0.29) is 12.4 Å². The number of amides is 2.